The summed E-state index contributed by atoms with van der Waals surface area (Å²) in [5.41, 5.74) is 5.96. The molecule has 0 bridgehead atoms. The number of H-pyrrole nitrogens is 1. The third kappa shape index (κ3) is 5.33. The molecule has 0 atom stereocenters. The van der Waals surface area contributed by atoms with Crippen molar-refractivity contribution in [2.24, 2.45) is 7.05 Å². The van der Waals surface area contributed by atoms with Crippen molar-refractivity contribution in [2.75, 3.05) is 7.11 Å². The van der Waals surface area contributed by atoms with E-state index in [1.807, 2.05) is 72.6 Å². The molecule has 0 fully saturated rings. The molecule has 5 rings (SSSR count). The lowest BCUT2D eigenvalue weighted by atomic mass is 10.1. The number of fused-ring (bicyclic) bond motifs is 1. The van der Waals surface area contributed by atoms with Crippen LogP contribution in [0.2, 0.25) is 0 Å². The smallest absolute Gasteiger partial charge is 0.130 e. The van der Waals surface area contributed by atoms with Crippen LogP contribution >= 0.6 is 0 Å². The molecule has 0 saturated carbocycles. The number of rotatable bonds is 8. The SMILES string of the molecule is COc1cc(OCc2ccccn2)ccc1C=Cc1cc(C=Cc2ccc3cc[nH]c3c2)nn1C. The number of hydrogen-bond donors (Lipinski definition) is 1. The molecule has 6 nitrogen and oxygen atoms in total. The van der Waals surface area contributed by atoms with Crippen LogP contribution in [0.25, 0.3) is 35.2 Å². The Morgan fingerprint density at radius 3 is 2.74 bits per heavy atom. The average molecular weight is 463 g/mol. The molecular formula is C29H26N4O2. The van der Waals surface area contributed by atoms with Gasteiger partial charge in [-0.1, -0.05) is 24.3 Å². The quantitative estimate of drug-likeness (QED) is 0.297. The number of benzene rings is 2. The molecule has 0 saturated heterocycles. The number of aromatic amines is 1. The van der Waals surface area contributed by atoms with Gasteiger partial charge in [0.1, 0.15) is 18.1 Å². The number of nitrogens with zero attached hydrogens (tertiary/aromatic N) is 3. The van der Waals surface area contributed by atoms with E-state index in [4.69, 9.17) is 9.47 Å². The fraction of sp³-hybridized carbons (Fsp3) is 0.103. The summed E-state index contributed by atoms with van der Waals surface area (Å²) in [6.07, 6.45) is 11.9. The first-order valence-electron chi connectivity index (χ1n) is 11.4. The second kappa shape index (κ2) is 10.1. The standard InChI is InChI=1S/C29H26N4O2/c1-33-26(18-24(32-33)11-7-21-6-8-22-14-16-31-28(22)17-21)12-9-23-10-13-27(19-29(23)34-2)35-20-25-5-3-4-15-30-25/h3-19,31H,20H2,1-2H3. The highest BCUT2D eigenvalue weighted by Crippen LogP contribution is 2.27. The second-order valence-corrected chi connectivity index (χ2v) is 8.12. The van der Waals surface area contributed by atoms with Gasteiger partial charge in [-0.15, -0.1) is 0 Å². The van der Waals surface area contributed by atoms with E-state index in [9.17, 15) is 0 Å². The number of nitrogens with one attached hydrogen (secondary N) is 1. The van der Waals surface area contributed by atoms with Gasteiger partial charge in [-0.05, 0) is 71.6 Å². The largest absolute Gasteiger partial charge is 0.496 e. The van der Waals surface area contributed by atoms with Crippen molar-refractivity contribution in [3.8, 4) is 11.5 Å². The highest BCUT2D eigenvalue weighted by atomic mass is 16.5. The Bertz CT molecular complexity index is 1500. The molecule has 0 aliphatic rings. The first-order chi connectivity index (χ1) is 17.2. The van der Waals surface area contributed by atoms with Crippen molar-refractivity contribution in [1.29, 1.82) is 0 Å². The van der Waals surface area contributed by atoms with Gasteiger partial charge in [0.15, 0.2) is 0 Å². The van der Waals surface area contributed by atoms with Crippen molar-refractivity contribution in [2.45, 2.75) is 6.61 Å². The maximum atomic E-state index is 5.87. The molecule has 2 aromatic carbocycles. The predicted molar refractivity (Wildman–Crippen MR) is 141 cm³/mol. The lowest BCUT2D eigenvalue weighted by Crippen LogP contribution is -1.98. The summed E-state index contributed by atoms with van der Waals surface area (Å²) >= 11 is 0. The zero-order valence-corrected chi connectivity index (χ0v) is 19.7. The van der Waals surface area contributed by atoms with Gasteiger partial charge in [0, 0.05) is 36.6 Å². The van der Waals surface area contributed by atoms with E-state index in [2.05, 4.69) is 51.5 Å². The fourth-order valence-corrected chi connectivity index (χ4v) is 3.83. The topological polar surface area (TPSA) is 65.0 Å². The molecule has 35 heavy (non-hydrogen) atoms. The number of ether oxygens (including phenoxy) is 2. The normalized spacial score (nSPS) is 11.6. The number of aromatic nitrogens is 4. The molecule has 3 heterocycles. The van der Waals surface area contributed by atoms with E-state index in [-0.39, 0.29) is 0 Å². The van der Waals surface area contributed by atoms with Crippen LogP contribution in [0.1, 0.15) is 28.2 Å². The zero-order chi connectivity index (χ0) is 24.0. The van der Waals surface area contributed by atoms with Gasteiger partial charge < -0.3 is 14.5 Å². The maximum absolute atomic E-state index is 5.87. The summed E-state index contributed by atoms with van der Waals surface area (Å²) in [7, 11) is 3.60. The summed E-state index contributed by atoms with van der Waals surface area (Å²) in [5, 5.41) is 5.82. The lowest BCUT2D eigenvalue weighted by molar-refractivity contribution is 0.299. The lowest BCUT2D eigenvalue weighted by Gasteiger charge is -2.10. The van der Waals surface area contributed by atoms with E-state index < -0.39 is 0 Å². The van der Waals surface area contributed by atoms with Gasteiger partial charge in [-0.25, -0.2) is 0 Å². The van der Waals surface area contributed by atoms with E-state index in [1.54, 1.807) is 13.3 Å². The first-order valence-corrected chi connectivity index (χ1v) is 11.4. The van der Waals surface area contributed by atoms with Gasteiger partial charge in [0.2, 0.25) is 0 Å². The molecule has 174 valence electrons. The van der Waals surface area contributed by atoms with Crippen molar-refractivity contribution in [3.05, 3.63) is 107 Å². The number of pyridine rings is 1. The molecule has 0 aliphatic carbocycles. The first kappa shape index (κ1) is 22.2. The van der Waals surface area contributed by atoms with Crippen LogP contribution in [0.5, 0.6) is 11.5 Å². The molecule has 1 N–H and O–H groups in total. The van der Waals surface area contributed by atoms with Gasteiger partial charge in [0.05, 0.1) is 24.2 Å². The van der Waals surface area contributed by atoms with Crippen molar-refractivity contribution in [1.82, 2.24) is 19.7 Å². The number of hydrogen-bond acceptors (Lipinski definition) is 4. The number of aryl methyl sites for hydroxylation is 1. The summed E-state index contributed by atoms with van der Waals surface area (Å²) in [4.78, 5) is 7.53. The van der Waals surface area contributed by atoms with E-state index in [1.165, 1.54) is 5.39 Å². The minimum absolute atomic E-state index is 0.406. The highest BCUT2D eigenvalue weighted by molar-refractivity contribution is 5.83. The molecule has 0 radical (unpaired) electrons. The van der Waals surface area contributed by atoms with E-state index in [0.29, 0.717) is 6.61 Å². The van der Waals surface area contributed by atoms with Gasteiger partial charge >= 0.3 is 0 Å². The minimum Gasteiger partial charge on any atom is -0.496 e. The third-order valence-electron chi connectivity index (χ3n) is 5.71. The van der Waals surface area contributed by atoms with Crippen LogP contribution in [0.4, 0.5) is 0 Å². The molecule has 0 unspecified atom stereocenters. The van der Waals surface area contributed by atoms with Crippen LogP contribution in [0.15, 0.2) is 79.1 Å². The Balaban J connectivity index is 1.28. The van der Waals surface area contributed by atoms with E-state index in [0.717, 1.165) is 45.2 Å². The highest BCUT2D eigenvalue weighted by Gasteiger charge is 2.05. The van der Waals surface area contributed by atoms with Crippen molar-refractivity contribution >= 4 is 35.2 Å². The monoisotopic (exact) mass is 462 g/mol. The van der Waals surface area contributed by atoms with Crippen molar-refractivity contribution < 1.29 is 9.47 Å². The van der Waals surface area contributed by atoms with E-state index >= 15 is 0 Å². The van der Waals surface area contributed by atoms with Crippen LogP contribution < -0.4 is 9.47 Å². The van der Waals surface area contributed by atoms with Gasteiger partial charge in [0.25, 0.3) is 0 Å². The fourth-order valence-electron chi connectivity index (χ4n) is 3.83. The second-order valence-electron chi connectivity index (χ2n) is 8.12. The number of methoxy groups -OCH3 is 1. The van der Waals surface area contributed by atoms with Crippen LogP contribution in [0.3, 0.4) is 0 Å². The Kier molecular flexibility index (Phi) is 6.44. The Morgan fingerprint density at radius 1 is 0.943 bits per heavy atom. The Labute approximate surface area is 204 Å². The molecular weight excluding hydrogens is 436 g/mol. The maximum Gasteiger partial charge on any atom is 0.130 e. The zero-order valence-electron chi connectivity index (χ0n) is 19.7. The Hall–Kier alpha value is -4.58. The Morgan fingerprint density at radius 2 is 1.89 bits per heavy atom. The van der Waals surface area contributed by atoms with Crippen LogP contribution in [-0.4, -0.2) is 26.9 Å². The molecule has 0 amide bonds. The predicted octanol–water partition coefficient (Wildman–Crippen LogP) is 6.22. The molecule has 6 heteroatoms. The average Bonchev–Trinajstić information content (AvgIpc) is 3.51. The van der Waals surface area contributed by atoms with Gasteiger partial charge in [-0.3, -0.25) is 9.67 Å². The minimum atomic E-state index is 0.406. The van der Waals surface area contributed by atoms with Crippen molar-refractivity contribution in [3.63, 3.8) is 0 Å². The van der Waals surface area contributed by atoms with Gasteiger partial charge in [-0.2, -0.15) is 5.10 Å². The summed E-state index contributed by atoms with van der Waals surface area (Å²) in [5.74, 6) is 1.47. The molecule has 0 spiro atoms. The van der Waals surface area contributed by atoms with Crippen LogP contribution in [0, 0.1) is 0 Å². The summed E-state index contributed by atoms with van der Waals surface area (Å²) < 4.78 is 13.3. The molecule has 0 aliphatic heterocycles. The molecule has 5 aromatic rings. The summed E-state index contributed by atoms with van der Waals surface area (Å²) in [6.45, 7) is 0.406. The van der Waals surface area contributed by atoms with Crippen LogP contribution in [-0.2, 0) is 13.7 Å². The molecule has 3 aromatic heterocycles. The third-order valence-corrected chi connectivity index (χ3v) is 5.71. The summed E-state index contributed by atoms with van der Waals surface area (Å²) in [6, 6.07) is 22.0.